The smallest absolute Gasteiger partial charge is 0.326 e. The van der Waals surface area contributed by atoms with Crippen LogP contribution in [0.25, 0.3) is 10.9 Å². The summed E-state index contributed by atoms with van der Waals surface area (Å²) in [5.41, 5.74) is 12.7. The molecule has 42 heavy (non-hydrogen) atoms. The molecule has 224 valence electrons. The summed E-state index contributed by atoms with van der Waals surface area (Å²) in [6, 6.07) is 1.64. The maximum absolute atomic E-state index is 13.4. The number of nitrogens with two attached hydrogens (primary N) is 2. The number of fused-ring (bicyclic) bond motifs is 1. The molecule has 0 aliphatic heterocycles. The lowest BCUT2D eigenvalue weighted by Gasteiger charge is -2.25. The van der Waals surface area contributed by atoms with Crippen molar-refractivity contribution >= 4 is 46.5 Å². The quantitative estimate of drug-likeness (QED) is 0.0918. The fourth-order valence-corrected chi connectivity index (χ4v) is 4.21. The average Bonchev–Trinajstić information content (AvgIpc) is 3.59. The van der Waals surface area contributed by atoms with Gasteiger partial charge in [-0.25, -0.2) is 9.78 Å². The monoisotopic (exact) mass is 584 g/mol. The van der Waals surface area contributed by atoms with Gasteiger partial charge in [-0.1, -0.05) is 18.2 Å². The van der Waals surface area contributed by atoms with E-state index in [0.29, 0.717) is 11.3 Å². The van der Waals surface area contributed by atoms with Gasteiger partial charge in [0.15, 0.2) is 0 Å². The second kappa shape index (κ2) is 14.4. The molecular weight excluding hydrogens is 552 g/mol. The lowest BCUT2D eigenvalue weighted by atomic mass is 10.0. The van der Waals surface area contributed by atoms with Crippen molar-refractivity contribution in [2.45, 2.75) is 56.3 Å². The van der Waals surface area contributed by atoms with Crippen LogP contribution in [0.15, 0.2) is 43.0 Å². The van der Waals surface area contributed by atoms with E-state index in [1.807, 2.05) is 18.2 Å². The minimum absolute atomic E-state index is 0.0609. The predicted molar refractivity (Wildman–Crippen MR) is 146 cm³/mol. The van der Waals surface area contributed by atoms with Gasteiger partial charge in [0.2, 0.25) is 23.6 Å². The Morgan fingerprint density at radius 3 is 2.19 bits per heavy atom. The number of aromatic amines is 2. The van der Waals surface area contributed by atoms with E-state index in [1.54, 1.807) is 12.3 Å². The Bertz CT molecular complexity index is 1440. The highest BCUT2D eigenvalue weighted by Gasteiger charge is 2.31. The zero-order chi connectivity index (χ0) is 30.8. The second-order valence-electron chi connectivity index (χ2n) is 9.58. The highest BCUT2D eigenvalue weighted by Crippen LogP contribution is 2.19. The molecule has 0 radical (unpaired) electrons. The molecular formula is C26H32N8O8. The molecule has 2 heterocycles. The number of rotatable bonds is 16. The van der Waals surface area contributed by atoms with Crippen molar-refractivity contribution in [3.63, 3.8) is 0 Å². The Balaban J connectivity index is 1.79. The van der Waals surface area contributed by atoms with Gasteiger partial charge in [-0.15, -0.1) is 0 Å². The highest BCUT2D eigenvalue weighted by atomic mass is 16.4. The molecule has 4 unspecified atom stereocenters. The molecule has 16 heteroatoms. The van der Waals surface area contributed by atoms with E-state index >= 15 is 0 Å². The van der Waals surface area contributed by atoms with Crippen LogP contribution in [0.3, 0.4) is 0 Å². The summed E-state index contributed by atoms with van der Waals surface area (Å²) in [6.45, 7) is 0. The highest BCUT2D eigenvalue weighted by molar-refractivity contribution is 5.95. The number of aromatic nitrogens is 3. The van der Waals surface area contributed by atoms with E-state index in [4.69, 9.17) is 16.6 Å². The van der Waals surface area contributed by atoms with Crippen molar-refractivity contribution in [3.8, 4) is 0 Å². The number of para-hydroxylation sites is 1. The number of imidazole rings is 1. The number of aliphatic carboxylic acids is 2. The topological polar surface area (TPSA) is 275 Å². The number of amides is 4. The van der Waals surface area contributed by atoms with Gasteiger partial charge < -0.3 is 47.6 Å². The number of carbonyl (C=O) groups excluding carboxylic acids is 4. The molecule has 0 saturated heterocycles. The minimum Gasteiger partial charge on any atom is -0.481 e. The number of hydrogen-bond acceptors (Lipinski definition) is 8. The third-order valence-electron chi connectivity index (χ3n) is 6.37. The lowest BCUT2D eigenvalue weighted by Crippen LogP contribution is -2.58. The summed E-state index contributed by atoms with van der Waals surface area (Å²) in [7, 11) is 0. The van der Waals surface area contributed by atoms with Crippen LogP contribution < -0.4 is 27.4 Å². The summed E-state index contributed by atoms with van der Waals surface area (Å²) >= 11 is 0. The summed E-state index contributed by atoms with van der Waals surface area (Å²) < 4.78 is 0. The Morgan fingerprint density at radius 1 is 0.881 bits per heavy atom. The van der Waals surface area contributed by atoms with Crippen LogP contribution in [0.4, 0.5) is 0 Å². The van der Waals surface area contributed by atoms with Crippen LogP contribution in [0, 0.1) is 0 Å². The van der Waals surface area contributed by atoms with Gasteiger partial charge in [0.1, 0.15) is 18.1 Å². The summed E-state index contributed by atoms with van der Waals surface area (Å²) in [5, 5.41) is 26.8. The molecule has 0 bridgehead atoms. The molecule has 0 aliphatic carbocycles. The molecule has 3 rings (SSSR count). The SMILES string of the molecule is NC(=O)CCC(NC(=O)C(N)CC(=O)O)C(=O)NC(Cc1cnc[nH]1)C(=O)NC(Cc1c[nH]c2ccccc12)C(=O)O. The first-order valence-electron chi connectivity index (χ1n) is 12.9. The summed E-state index contributed by atoms with van der Waals surface area (Å²) in [5.74, 6) is -6.14. The summed E-state index contributed by atoms with van der Waals surface area (Å²) in [6.07, 6.45) is 2.90. The van der Waals surface area contributed by atoms with E-state index in [9.17, 15) is 33.9 Å². The number of carboxylic acid groups (broad SMARTS) is 2. The molecule has 0 saturated carbocycles. The number of carbonyl (C=O) groups is 6. The van der Waals surface area contributed by atoms with Gasteiger partial charge in [0.25, 0.3) is 0 Å². The van der Waals surface area contributed by atoms with Crippen LogP contribution in [0.1, 0.15) is 30.5 Å². The van der Waals surface area contributed by atoms with Gasteiger partial charge in [0, 0.05) is 48.3 Å². The molecule has 1 aromatic carbocycles. The van der Waals surface area contributed by atoms with Crippen molar-refractivity contribution in [3.05, 3.63) is 54.2 Å². The van der Waals surface area contributed by atoms with Crippen molar-refractivity contribution in [2.24, 2.45) is 11.5 Å². The predicted octanol–water partition coefficient (Wildman–Crippen LogP) is -1.72. The molecule has 0 fully saturated rings. The number of nitrogens with one attached hydrogen (secondary N) is 5. The molecule has 11 N–H and O–H groups in total. The third kappa shape index (κ3) is 8.88. The Labute approximate surface area is 238 Å². The first-order chi connectivity index (χ1) is 19.9. The zero-order valence-electron chi connectivity index (χ0n) is 22.3. The third-order valence-corrected chi connectivity index (χ3v) is 6.37. The fraction of sp³-hybridized carbons (Fsp3) is 0.346. The van der Waals surface area contributed by atoms with Gasteiger partial charge in [0.05, 0.1) is 18.8 Å². The van der Waals surface area contributed by atoms with Crippen LogP contribution in [0.2, 0.25) is 0 Å². The minimum atomic E-state index is -1.49. The first kappa shape index (κ1) is 31.3. The Morgan fingerprint density at radius 2 is 1.55 bits per heavy atom. The van der Waals surface area contributed by atoms with E-state index in [2.05, 4.69) is 30.9 Å². The van der Waals surface area contributed by atoms with Crippen molar-refractivity contribution in [2.75, 3.05) is 0 Å². The second-order valence-corrected chi connectivity index (χ2v) is 9.58. The number of primary amides is 1. The molecule has 3 aromatic rings. The maximum atomic E-state index is 13.4. The Kier molecular flexibility index (Phi) is 10.7. The van der Waals surface area contributed by atoms with Crippen LogP contribution in [0.5, 0.6) is 0 Å². The van der Waals surface area contributed by atoms with Crippen LogP contribution in [-0.4, -0.2) is 84.9 Å². The van der Waals surface area contributed by atoms with Crippen molar-refractivity contribution in [1.82, 2.24) is 30.9 Å². The normalized spacial score (nSPS) is 13.8. The van der Waals surface area contributed by atoms with Gasteiger partial charge in [-0.3, -0.25) is 24.0 Å². The van der Waals surface area contributed by atoms with E-state index in [1.165, 1.54) is 12.5 Å². The van der Waals surface area contributed by atoms with Crippen molar-refractivity contribution < 1.29 is 39.0 Å². The molecule has 4 amide bonds. The van der Waals surface area contributed by atoms with Gasteiger partial charge in [-0.2, -0.15) is 0 Å². The molecule has 16 nitrogen and oxygen atoms in total. The molecule has 2 aromatic heterocycles. The first-order valence-corrected chi connectivity index (χ1v) is 12.9. The van der Waals surface area contributed by atoms with E-state index in [-0.39, 0.29) is 25.7 Å². The average molecular weight is 585 g/mol. The largest absolute Gasteiger partial charge is 0.481 e. The Hall–Kier alpha value is -5.25. The van der Waals surface area contributed by atoms with E-state index < -0.39 is 66.2 Å². The van der Waals surface area contributed by atoms with E-state index in [0.717, 1.165) is 10.9 Å². The fourth-order valence-electron chi connectivity index (χ4n) is 4.21. The summed E-state index contributed by atoms with van der Waals surface area (Å²) in [4.78, 5) is 83.2. The number of carboxylic acids is 2. The number of nitrogens with zero attached hydrogens (tertiary/aromatic N) is 1. The number of benzene rings is 1. The molecule has 0 aliphatic rings. The zero-order valence-corrected chi connectivity index (χ0v) is 22.3. The van der Waals surface area contributed by atoms with Gasteiger partial charge >= 0.3 is 11.9 Å². The van der Waals surface area contributed by atoms with Crippen LogP contribution in [-0.2, 0) is 41.6 Å². The molecule has 0 spiro atoms. The molecule has 4 atom stereocenters. The number of hydrogen-bond donors (Lipinski definition) is 9. The number of H-pyrrole nitrogens is 2. The van der Waals surface area contributed by atoms with Crippen molar-refractivity contribution in [1.29, 1.82) is 0 Å². The standard InChI is InChI=1S/C26H32N8O8/c27-16(9-22(36)37)23(38)32-18(5-6-21(28)35)24(39)33-19(8-14-11-29-12-31-14)25(40)34-20(26(41)42)7-13-10-30-17-4-2-1-3-15(13)17/h1-4,10-12,16,18-20,30H,5-9,27H2,(H2,28,35)(H,29,31)(H,32,38)(H,33,39)(H,34,40)(H,36,37)(H,41,42). The van der Waals surface area contributed by atoms with Gasteiger partial charge in [-0.05, 0) is 18.1 Å². The lowest BCUT2D eigenvalue weighted by molar-refractivity contribution is -0.142. The van der Waals surface area contributed by atoms with Crippen LogP contribution >= 0.6 is 0 Å². The maximum Gasteiger partial charge on any atom is 0.326 e.